The summed E-state index contributed by atoms with van der Waals surface area (Å²) in [4.78, 5) is 24.4. The molecule has 4 rings (SSSR count). The van der Waals surface area contributed by atoms with Crippen LogP contribution in [0.3, 0.4) is 0 Å². The molecule has 28 heavy (non-hydrogen) atoms. The largest absolute Gasteiger partial charge is 0.497 e. The summed E-state index contributed by atoms with van der Waals surface area (Å²) in [7, 11) is 3.13. The Bertz CT molecular complexity index is 1190. The number of aromatic amines is 1. The number of fused-ring (bicyclic) bond motifs is 1. The highest BCUT2D eigenvalue weighted by molar-refractivity contribution is 6.31. The van der Waals surface area contributed by atoms with Gasteiger partial charge in [0, 0.05) is 16.7 Å². The third-order valence-electron chi connectivity index (χ3n) is 4.41. The molecule has 142 valence electrons. The van der Waals surface area contributed by atoms with E-state index in [4.69, 9.17) is 21.1 Å². The van der Waals surface area contributed by atoms with Gasteiger partial charge in [0.25, 0.3) is 5.56 Å². The maximum absolute atomic E-state index is 12.8. The summed E-state index contributed by atoms with van der Waals surface area (Å²) in [5.74, 6) is 1.58. The number of rotatable bonds is 5. The third-order valence-corrected chi connectivity index (χ3v) is 4.78. The molecule has 0 aliphatic carbocycles. The van der Waals surface area contributed by atoms with Crippen molar-refractivity contribution < 1.29 is 9.47 Å². The number of hydrogen-bond acceptors (Lipinski definition) is 5. The zero-order valence-electron chi connectivity index (χ0n) is 15.3. The SMILES string of the molecule is COc1cc(OC)cc(-c2nc3ncn(Cc4ccccc4Cl)c3c(=O)[nH]2)c1. The van der Waals surface area contributed by atoms with Crippen LogP contribution < -0.4 is 15.0 Å². The van der Waals surface area contributed by atoms with E-state index in [0.29, 0.717) is 45.6 Å². The van der Waals surface area contributed by atoms with Crippen LogP contribution in [-0.4, -0.2) is 33.7 Å². The van der Waals surface area contributed by atoms with Crippen molar-refractivity contribution in [3.63, 3.8) is 0 Å². The van der Waals surface area contributed by atoms with Crippen molar-refractivity contribution in [2.45, 2.75) is 6.54 Å². The van der Waals surface area contributed by atoms with Crippen molar-refractivity contribution in [3.8, 4) is 22.9 Å². The lowest BCUT2D eigenvalue weighted by Crippen LogP contribution is -2.14. The van der Waals surface area contributed by atoms with Gasteiger partial charge in [-0.25, -0.2) is 9.97 Å². The fourth-order valence-corrected chi connectivity index (χ4v) is 3.19. The fraction of sp³-hybridized carbons (Fsp3) is 0.150. The molecule has 0 atom stereocenters. The quantitative estimate of drug-likeness (QED) is 0.558. The minimum atomic E-state index is -0.286. The van der Waals surface area contributed by atoms with E-state index in [1.54, 1.807) is 43.3 Å². The summed E-state index contributed by atoms with van der Waals surface area (Å²) in [5, 5.41) is 0.633. The van der Waals surface area contributed by atoms with Crippen molar-refractivity contribution in [3.05, 3.63) is 69.7 Å². The van der Waals surface area contributed by atoms with E-state index in [0.717, 1.165) is 5.56 Å². The number of aromatic nitrogens is 4. The lowest BCUT2D eigenvalue weighted by Gasteiger charge is -2.09. The Hall–Kier alpha value is -3.32. The Morgan fingerprint density at radius 2 is 1.82 bits per heavy atom. The predicted octanol–water partition coefficient (Wildman–Crippen LogP) is 3.51. The Morgan fingerprint density at radius 1 is 1.11 bits per heavy atom. The van der Waals surface area contributed by atoms with Gasteiger partial charge in [0.15, 0.2) is 11.2 Å². The number of halogens is 1. The van der Waals surface area contributed by atoms with E-state index < -0.39 is 0 Å². The Kier molecular flexibility index (Phi) is 4.75. The van der Waals surface area contributed by atoms with Gasteiger partial charge in [0.05, 0.1) is 27.1 Å². The molecule has 0 saturated carbocycles. The summed E-state index contributed by atoms with van der Waals surface area (Å²) in [6.07, 6.45) is 1.59. The van der Waals surface area contributed by atoms with Gasteiger partial charge in [0.2, 0.25) is 0 Å². The van der Waals surface area contributed by atoms with Gasteiger partial charge >= 0.3 is 0 Å². The summed E-state index contributed by atoms with van der Waals surface area (Å²) in [6.45, 7) is 0.424. The van der Waals surface area contributed by atoms with Gasteiger partial charge < -0.3 is 19.0 Å². The highest BCUT2D eigenvalue weighted by atomic mass is 35.5. The van der Waals surface area contributed by atoms with Gasteiger partial charge in [-0.1, -0.05) is 29.8 Å². The lowest BCUT2D eigenvalue weighted by atomic mass is 10.2. The lowest BCUT2D eigenvalue weighted by molar-refractivity contribution is 0.394. The number of imidazole rings is 1. The average Bonchev–Trinajstić information content (AvgIpc) is 3.12. The summed E-state index contributed by atoms with van der Waals surface area (Å²) >= 11 is 6.24. The smallest absolute Gasteiger partial charge is 0.277 e. The molecule has 2 aromatic carbocycles. The van der Waals surface area contributed by atoms with Gasteiger partial charge in [-0.2, -0.15) is 0 Å². The van der Waals surface area contributed by atoms with Crippen LogP contribution in [0.5, 0.6) is 11.5 Å². The molecule has 0 aliphatic heterocycles. The zero-order chi connectivity index (χ0) is 19.7. The molecule has 0 bridgehead atoms. The van der Waals surface area contributed by atoms with Crippen LogP contribution in [0.1, 0.15) is 5.56 Å². The first-order valence-corrected chi connectivity index (χ1v) is 8.89. The second-order valence-corrected chi connectivity index (χ2v) is 6.56. The first-order chi connectivity index (χ1) is 13.6. The van der Waals surface area contributed by atoms with Gasteiger partial charge in [-0.3, -0.25) is 4.79 Å². The molecule has 4 aromatic rings. The standard InChI is InChI=1S/C20H17ClN4O3/c1-27-14-7-13(8-15(9-14)28-2)18-23-19-17(20(26)24-18)25(11-22-19)10-12-5-3-4-6-16(12)21/h3-9,11H,10H2,1-2H3,(H,23,24,26). The predicted molar refractivity (Wildman–Crippen MR) is 107 cm³/mol. The maximum Gasteiger partial charge on any atom is 0.277 e. The number of H-pyrrole nitrogens is 1. The summed E-state index contributed by atoms with van der Waals surface area (Å²) in [5.41, 5.74) is 2.01. The van der Waals surface area contributed by atoms with Crippen molar-refractivity contribution in [1.29, 1.82) is 0 Å². The van der Waals surface area contributed by atoms with E-state index in [2.05, 4.69) is 15.0 Å². The number of benzene rings is 2. The monoisotopic (exact) mass is 396 g/mol. The normalized spacial score (nSPS) is 11.0. The Labute approximate surface area is 165 Å². The van der Waals surface area contributed by atoms with Crippen LogP contribution in [0, 0.1) is 0 Å². The zero-order valence-corrected chi connectivity index (χ0v) is 16.0. The van der Waals surface area contributed by atoms with Crippen LogP contribution in [-0.2, 0) is 6.54 Å². The van der Waals surface area contributed by atoms with E-state index in [-0.39, 0.29) is 5.56 Å². The van der Waals surface area contributed by atoms with Crippen LogP contribution in [0.4, 0.5) is 0 Å². The topological polar surface area (TPSA) is 82.0 Å². The van der Waals surface area contributed by atoms with E-state index >= 15 is 0 Å². The molecular formula is C20H17ClN4O3. The van der Waals surface area contributed by atoms with Gasteiger partial charge in [-0.05, 0) is 23.8 Å². The minimum absolute atomic E-state index is 0.286. The highest BCUT2D eigenvalue weighted by Crippen LogP contribution is 2.28. The molecule has 2 heterocycles. The van der Waals surface area contributed by atoms with Crippen LogP contribution in [0.2, 0.25) is 5.02 Å². The first kappa shape index (κ1) is 18.1. The van der Waals surface area contributed by atoms with Crippen LogP contribution >= 0.6 is 11.6 Å². The number of hydrogen-bond donors (Lipinski definition) is 1. The molecular weight excluding hydrogens is 380 g/mol. The van der Waals surface area contributed by atoms with Crippen LogP contribution in [0.15, 0.2) is 53.6 Å². The van der Waals surface area contributed by atoms with E-state index in [1.165, 1.54) is 0 Å². The highest BCUT2D eigenvalue weighted by Gasteiger charge is 2.14. The van der Waals surface area contributed by atoms with E-state index in [1.807, 2.05) is 24.3 Å². The summed E-state index contributed by atoms with van der Waals surface area (Å²) < 4.78 is 12.3. The first-order valence-electron chi connectivity index (χ1n) is 8.51. The Morgan fingerprint density at radius 3 is 2.50 bits per heavy atom. The molecule has 2 aromatic heterocycles. The molecule has 0 unspecified atom stereocenters. The Balaban J connectivity index is 1.79. The molecule has 1 N–H and O–H groups in total. The molecule has 0 spiro atoms. The molecule has 0 fully saturated rings. The average molecular weight is 397 g/mol. The molecule has 0 amide bonds. The number of methoxy groups -OCH3 is 2. The third kappa shape index (κ3) is 3.32. The minimum Gasteiger partial charge on any atom is -0.497 e. The molecule has 8 heteroatoms. The maximum atomic E-state index is 12.8. The molecule has 7 nitrogen and oxygen atoms in total. The van der Waals surface area contributed by atoms with Crippen molar-refractivity contribution >= 4 is 22.8 Å². The molecule has 0 radical (unpaired) electrons. The van der Waals surface area contributed by atoms with E-state index in [9.17, 15) is 4.79 Å². The summed E-state index contributed by atoms with van der Waals surface area (Å²) in [6, 6.07) is 12.8. The van der Waals surface area contributed by atoms with Gasteiger partial charge in [0.1, 0.15) is 17.3 Å². The second-order valence-electron chi connectivity index (χ2n) is 6.15. The van der Waals surface area contributed by atoms with Crippen molar-refractivity contribution in [2.75, 3.05) is 14.2 Å². The van der Waals surface area contributed by atoms with Crippen molar-refractivity contribution in [2.24, 2.45) is 0 Å². The number of ether oxygens (including phenoxy) is 2. The second kappa shape index (κ2) is 7.36. The van der Waals surface area contributed by atoms with Gasteiger partial charge in [-0.15, -0.1) is 0 Å². The molecule has 0 saturated heterocycles. The van der Waals surface area contributed by atoms with Crippen LogP contribution in [0.25, 0.3) is 22.6 Å². The number of nitrogens with zero attached hydrogens (tertiary/aromatic N) is 3. The fourth-order valence-electron chi connectivity index (χ4n) is 3.00. The molecule has 0 aliphatic rings. The number of nitrogens with one attached hydrogen (secondary N) is 1. The van der Waals surface area contributed by atoms with Crippen molar-refractivity contribution in [1.82, 2.24) is 19.5 Å².